The van der Waals surface area contributed by atoms with Crippen LogP contribution in [0, 0.1) is 0 Å². The summed E-state index contributed by atoms with van der Waals surface area (Å²) in [6, 6.07) is 29.7. The monoisotopic (exact) mass is 490 g/mol. The van der Waals surface area contributed by atoms with Gasteiger partial charge in [-0.3, -0.25) is 0 Å². The summed E-state index contributed by atoms with van der Waals surface area (Å²) in [5, 5.41) is 4.75. The zero-order valence-electron chi connectivity index (χ0n) is 22.0. The molecule has 0 aliphatic rings. The Kier molecular flexibility index (Phi) is 6.26. The van der Waals surface area contributed by atoms with E-state index in [-0.39, 0.29) is 12.2 Å². The first-order valence-electron chi connectivity index (χ1n) is 13.4. The van der Waals surface area contributed by atoms with E-state index in [1.165, 1.54) is 32.7 Å². The van der Waals surface area contributed by atoms with E-state index in [0.717, 1.165) is 35.2 Å². The molecule has 0 amide bonds. The first-order valence-corrected chi connectivity index (χ1v) is 13.4. The molecule has 188 valence electrons. The lowest BCUT2D eigenvalue weighted by Gasteiger charge is -2.24. The van der Waals surface area contributed by atoms with Gasteiger partial charge in [-0.05, 0) is 86.1 Å². The molecule has 0 saturated carbocycles. The minimum Gasteiger partial charge on any atom is -0.456 e. The number of ether oxygens (including phenoxy) is 1. The molecule has 4 unspecified atom stereocenters. The quantitative estimate of drug-likeness (QED) is 0.213. The Bertz CT molecular complexity index is 1560. The second-order valence-electron chi connectivity index (χ2n) is 10.7. The smallest absolute Gasteiger partial charge is 0.135 e. The maximum atomic E-state index is 6.48. The summed E-state index contributed by atoms with van der Waals surface area (Å²) in [7, 11) is 0. The molecule has 0 saturated heterocycles. The van der Waals surface area contributed by atoms with E-state index in [9.17, 15) is 0 Å². The van der Waals surface area contributed by atoms with Gasteiger partial charge in [-0.15, -0.1) is 0 Å². The van der Waals surface area contributed by atoms with E-state index < -0.39 is 0 Å². The van der Waals surface area contributed by atoms with Crippen LogP contribution in [-0.2, 0) is 4.74 Å². The molecule has 6 rings (SSSR count). The van der Waals surface area contributed by atoms with Crippen LogP contribution < -0.4 is 0 Å². The molecule has 4 atom stereocenters. The largest absolute Gasteiger partial charge is 0.456 e. The Labute approximate surface area is 218 Å². The summed E-state index contributed by atoms with van der Waals surface area (Å²) >= 11 is 0. The van der Waals surface area contributed by atoms with Gasteiger partial charge in [0.2, 0.25) is 0 Å². The minimum atomic E-state index is 0.175. The number of fused-ring (bicyclic) bond motifs is 6. The summed E-state index contributed by atoms with van der Waals surface area (Å²) in [5.74, 6) is 0.795. The summed E-state index contributed by atoms with van der Waals surface area (Å²) in [5.41, 5.74) is 6.45. The fourth-order valence-corrected chi connectivity index (χ4v) is 5.88. The average Bonchev–Trinajstić information content (AvgIpc) is 3.45. The van der Waals surface area contributed by atoms with Crippen LogP contribution in [0.3, 0.4) is 0 Å². The van der Waals surface area contributed by atoms with Crippen molar-refractivity contribution < 1.29 is 13.6 Å². The number of hydrogen-bond donors (Lipinski definition) is 0. The van der Waals surface area contributed by atoms with E-state index in [0.29, 0.717) is 11.8 Å². The lowest BCUT2D eigenvalue weighted by atomic mass is 9.93. The Morgan fingerprint density at radius 3 is 1.38 bits per heavy atom. The van der Waals surface area contributed by atoms with Crippen LogP contribution in [0.1, 0.15) is 63.5 Å². The predicted molar refractivity (Wildman–Crippen MR) is 154 cm³/mol. The van der Waals surface area contributed by atoms with E-state index in [1.54, 1.807) is 0 Å². The van der Waals surface area contributed by atoms with E-state index >= 15 is 0 Å². The lowest BCUT2D eigenvalue weighted by molar-refractivity contribution is -0.00534. The molecule has 0 bridgehead atoms. The van der Waals surface area contributed by atoms with Crippen LogP contribution in [0.4, 0.5) is 0 Å². The van der Waals surface area contributed by atoms with Gasteiger partial charge < -0.3 is 13.6 Å². The van der Waals surface area contributed by atoms with Crippen LogP contribution in [-0.4, -0.2) is 12.2 Å². The predicted octanol–water partition coefficient (Wildman–Crippen LogP) is 9.97. The third kappa shape index (κ3) is 4.65. The summed E-state index contributed by atoms with van der Waals surface area (Å²) < 4.78 is 18.5. The first-order chi connectivity index (χ1) is 18.0. The summed E-state index contributed by atoms with van der Waals surface area (Å²) in [6.45, 7) is 8.99. The number of furan rings is 2. The number of benzene rings is 4. The molecular formula is C34H34O3. The van der Waals surface area contributed by atoms with Crippen molar-refractivity contribution in [3.63, 3.8) is 0 Å². The van der Waals surface area contributed by atoms with Gasteiger partial charge in [0.05, 0.1) is 12.2 Å². The van der Waals surface area contributed by atoms with Crippen molar-refractivity contribution in [1.29, 1.82) is 0 Å². The van der Waals surface area contributed by atoms with Crippen molar-refractivity contribution in [2.24, 2.45) is 0 Å². The van der Waals surface area contributed by atoms with Crippen molar-refractivity contribution in [1.82, 2.24) is 0 Å². The Hall–Kier alpha value is -3.56. The Morgan fingerprint density at radius 2 is 0.919 bits per heavy atom. The maximum Gasteiger partial charge on any atom is 0.135 e. The molecule has 0 aliphatic carbocycles. The fraction of sp³-hybridized carbons (Fsp3) is 0.294. The second-order valence-corrected chi connectivity index (χ2v) is 10.7. The van der Waals surface area contributed by atoms with Gasteiger partial charge in [0.25, 0.3) is 0 Å². The highest BCUT2D eigenvalue weighted by atomic mass is 16.5. The fourth-order valence-electron chi connectivity index (χ4n) is 5.88. The highest BCUT2D eigenvalue weighted by Gasteiger charge is 2.19. The molecule has 0 aliphatic heterocycles. The molecule has 2 heterocycles. The van der Waals surface area contributed by atoms with Crippen LogP contribution in [0.25, 0.3) is 43.9 Å². The summed E-state index contributed by atoms with van der Waals surface area (Å²) in [6.07, 6.45) is 2.31. The molecule has 0 radical (unpaired) electrons. The SMILES string of the molecule is CC(CC(C)c1ccc2oc3ccccc3c2c1)OC(C)CC(C)c1ccc2oc3ccccc3c2c1. The molecule has 0 spiro atoms. The van der Waals surface area contributed by atoms with Crippen molar-refractivity contribution in [3.8, 4) is 0 Å². The zero-order chi connectivity index (χ0) is 25.5. The van der Waals surface area contributed by atoms with Gasteiger partial charge in [0, 0.05) is 21.5 Å². The Morgan fingerprint density at radius 1 is 0.514 bits per heavy atom. The molecule has 3 heteroatoms. The molecule has 6 aromatic rings. The second kappa shape index (κ2) is 9.72. The third-order valence-corrected chi connectivity index (χ3v) is 7.78. The number of hydrogen-bond acceptors (Lipinski definition) is 3. The van der Waals surface area contributed by atoms with Crippen molar-refractivity contribution in [2.75, 3.05) is 0 Å². The molecule has 37 heavy (non-hydrogen) atoms. The van der Waals surface area contributed by atoms with Crippen molar-refractivity contribution in [3.05, 3.63) is 96.1 Å². The van der Waals surface area contributed by atoms with Crippen LogP contribution in [0.2, 0.25) is 0 Å². The molecule has 0 fully saturated rings. The molecule has 2 aromatic heterocycles. The number of rotatable bonds is 8. The molecular weight excluding hydrogens is 456 g/mol. The van der Waals surface area contributed by atoms with Crippen molar-refractivity contribution in [2.45, 2.75) is 64.6 Å². The van der Waals surface area contributed by atoms with E-state index in [4.69, 9.17) is 13.6 Å². The van der Waals surface area contributed by atoms with Gasteiger partial charge in [-0.1, -0.05) is 62.4 Å². The van der Waals surface area contributed by atoms with Crippen molar-refractivity contribution >= 4 is 43.9 Å². The van der Waals surface area contributed by atoms with E-state index in [1.807, 2.05) is 24.3 Å². The highest BCUT2D eigenvalue weighted by molar-refractivity contribution is 6.05. The summed E-state index contributed by atoms with van der Waals surface area (Å²) in [4.78, 5) is 0. The molecule has 0 N–H and O–H groups in total. The van der Waals surface area contributed by atoms with Gasteiger partial charge >= 0.3 is 0 Å². The first kappa shape index (κ1) is 23.8. The third-order valence-electron chi connectivity index (χ3n) is 7.78. The minimum absolute atomic E-state index is 0.175. The van der Waals surface area contributed by atoms with Crippen LogP contribution in [0.15, 0.2) is 93.8 Å². The average molecular weight is 491 g/mol. The van der Waals surface area contributed by atoms with Gasteiger partial charge in [-0.2, -0.15) is 0 Å². The Balaban J connectivity index is 1.10. The topological polar surface area (TPSA) is 35.5 Å². The van der Waals surface area contributed by atoms with Gasteiger partial charge in [-0.25, -0.2) is 0 Å². The molecule has 4 aromatic carbocycles. The van der Waals surface area contributed by atoms with Crippen LogP contribution in [0.5, 0.6) is 0 Å². The van der Waals surface area contributed by atoms with E-state index in [2.05, 4.69) is 88.4 Å². The van der Waals surface area contributed by atoms with Gasteiger partial charge in [0.15, 0.2) is 0 Å². The molecule has 3 nitrogen and oxygen atoms in total. The highest BCUT2D eigenvalue weighted by Crippen LogP contribution is 2.34. The standard InChI is InChI=1S/C34H34O3/c1-21(25-13-15-33-29(19-25)27-9-5-7-11-31(27)36-33)17-23(3)35-24(4)18-22(2)26-14-16-34-30(20-26)28-10-6-8-12-32(28)37-34/h5-16,19-24H,17-18H2,1-4H3. The van der Waals surface area contributed by atoms with Crippen LogP contribution >= 0.6 is 0 Å². The lowest BCUT2D eigenvalue weighted by Crippen LogP contribution is -2.20. The zero-order valence-corrected chi connectivity index (χ0v) is 22.0. The maximum absolute atomic E-state index is 6.48. The number of para-hydroxylation sites is 2. The normalized spacial score (nSPS) is 15.5. The van der Waals surface area contributed by atoms with Gasteiger partial charge in [0.1, 0.15) is 22.3 Å².